The molecule has 0 bridgehead atoms. The molecular formula is C18H28N6. The van der Waals surface area contributed by atoms with Crippen LogP contribution in [0.5, 0.6) is 0 Å². The highest BCUT2D eigenvalue weighted by Gasteiger charge is 2.29. The molecule has 130 valence electrons. The van der Waals surface area contributed by atoms with Gasteiger partial charge in [0.1, 0.15) is 0 Å². The largest absolute Gasteiger partial charge is 0.349 e. The third-order valence-corrected chi connectivity index (χ3v) is 5.24. The number of hydrogen-bond acceptors (Lipinski definition) is 3. The van der Waals surface area contributed by atoms with Gasteiger partial charge in [0.2, 0.25) is 0 Å². The number of pyridine rings is 1. The van der Waals surface area contributed by atoms with Gasteiger partial charge in [0.25, 0.3) is 0 Å². The summed E-state index contributed by atoms with van der Waals surface area (Å²) in [6.07, 6.45) is 5.80. The van der Waals surface area contributed by atoms with Gasteiger partial charge in [0, 0.05) is 26.3 Å². The first-order valence-corrected chi connectivity index (χ1v) is 9.01. The molecule has 1 fully saturated rings. The minimum absolute atomic E-state index is 0.629. The molecule has 1 saturated heterocycles. The van der Waals surface area contributed by atoms with E-state index in [1.54, 1.807) is 0 Å². The van der Waals surface area contributed by atoms with Gasteiger partial charge in [-0.25, -0.2) is 0 Å². The van der Waals surface area contributed by atoms with Gasteiger partial charge in [0.05, 0.1) is 6.54 Å². The van der Waals surface area contributed by atoms with Crippen LogP contribution in [0.25, 0.3) is 5.65 Å². The Morgan fingerprint density at radius 1 is 1.33 bits per heavy atom. The van der Waals surface area contributed by atoms with Crippen molar-refractivity contribution in [1.29, 1.82) is 0 Å². The molecule has 1 atom stereocenters. The zero-order chi connectivity index (χ0) is 16.9. The second kappa shape index (κ2) is 7.64. The number of likely N-dealkylation sites (tertiary alicyclic amines) is 1. The Morgan fingerprint density at radius 3 is 2.92 bits per heavy atom. The number of rotatable bonds is 5. The third kappa shape index (κ3) is 3.37. The molecule has 1 aliphatic rings. The highest BCUT2D eigenvalue weighted by Crippen LogP contribution is 2.28. The number of nitrogens with zero attached hydrogens (tertiary/aromatic N) is 5. The summed E-state index contributed by atoms with van der Waals surface area (Å²) in [5.74, 6) is 3.49. The van der Waals surface area contributed by atoms with Crippen LogP contribution in [0, 0.1) is 11.8 Å². The first-order valence-electron chi connectivity index (χ1n) is 9.01. The van der Waals surface area contributed by atoms with Gasteiger partial charge in [-0.05, 0) is 30.4 Å². The third-order valence-electron chi connectivity index (χ3n) is 5.24. The van der Waals surface area contributed by atoms with Crippen LogP contribution >= 0.6 is 0 Å². The quantitative estimate of drug-likeness (QED) is 0.677. The number of fused-ring (bicyclic) bond motifs is 1. The van der Waals surface area contributed by atoms with Crippen molar-refractivity contribution in [1.82, 2.24) is 24.8 Å². The van der Waals surface area contributed by atoms with Gasteiger partial charge in [-0.3, -0.25) is 9.39 Å². The molecule has 0 spiro atoms. The fraction of sp³-hybridized carbons (Fsp3) is 0.611. The van der Waals surface area contributed by atoms with Crippen molar-refractivity contribution in [2.45, 2.75) is 39.7 Å². The van der Waals surface area contributed by atoms with E-state index in [4.69, 9.17) is 0 Å². The van der Waals surface area contributed by atoms with Gasteiger partial charge in [0.15, 0.2) is 17.4 Å². The molecule has 1 aliphatic heterocycles. The SMILES string of the molecule is CCC(CC)C1CCN(C(=NC)NCc2nnc3ccccn23)C1. The normalized spacial score (nSPS) is 18.8. The lowest BCUT2D eigenvalue weighted by Gasteiger charge is -2.24. The van der Waals surface area contributed by atoms with E-state index < -0.39 is 0 Å². The Labute approximate surface area is 144 Å². The average Bonchev–Trinajstić information content (AvgIpc) is 3.25. The van der Waals surface area contributed by atoms with Crippen LogP contribution in [0.4, 0.5) is 0 Å². The summed E-state index contributed by atoms with van der Waals surface area (Å²) < 4.78 is 2.01. The van der Waals surface area contributed by atoms with Crippen LogP contribution in [-0.2, 0) is 6.54 Å². The average molecular weight is 328 g/mol. The minimum Gasteiger partial charge on any atom is -0.349 e. The van der Waals surface area contributed by atoms with Crippen LogP contribution < -0.4 is 5.32 Å². The number of nitrogens with one attached hydrogen (secondary N) is 1. The molecule has 0 aliphatic carbocycles. The van der Waals surface area contributed by atoms with Crippen LogP contribution in [-0.4, -0.2) is 45.6 Å². The lowest BCUT2D eigenvalue weighted by molar-refractivity contribution is 0.319. The molecular weight excluding hydrogens is 300 g/mol. The lowest BCUT2D eigenvalue weighted by Crippen LogP contribution is -2.40. The monoisotopic (exact) mass is 328 g/mol. The molecule has 0 amide bonds. The summed E-state index contributed by atoms with van der Waals surface area (Å²) in [6.45, 7) is 7.43. The molecule has 0 saturated carbocycles. The molecule has 1 N–H and O–H groups in total. The molecule has 1 unspecified atom stereocenters. The van der Waals surface area contributed by atoms with Crippen molar-refractivity contribution in [3.63, 3.8) is 0 Å². The second-order valence-corrected chi connectivity index (χ2v) is 6.52. The highest BCUT2D eigenvalue weighted by atomic mass is 15.3. The number of aliphatic imine (C=N–C) groups is 1. The Bertz CT molecular complexity index is 688. The first kappa shape index (κ1) is 16.7. The topological polar surface area (TPSA) is 57.8 Å². The molecule has 0 aromatic carbocycles. The van der Waals surface area contributed by atoms with E-state index in [-0.39, 0.29) is 0 Å². The summed E-state index contributed by atoms with van der Waals surface area (Å²) in [5, 5.41) is 11.9. The standard InChI is InChI=1S/C18H28N6/c1-4-14(5-2)15-9-11-23(13-15)18(19-3)20-12-17-22-21-16-8-6-7-10-24(16)17/h6-8,10,14-15H,4-5,9,11-13H2,1-3H3,(H,19,20). The van der Waals surface area contributed by atoms with Crippen LogP contribution in [0.15, 0.2) is 29.4 Å². The molecule has 24 heavy (non-hydrogen) atoms. The van der Waals surface area contributed by atoms with Crippen molar-refractivity contribution in [3.8, 4) is 0 Å². The van der Waals surface area contributed by atoms with Crippen molar-refractivity contribution in [3.05, 3.63) is 30.2 Å². The summed E-state index contributed by atoms with van der Waals surface area (Å²) >= 11 is 0. The predicted octanol–water partition coefficient (Wildman–Crippen LogP) is 2.56. The maximum Gasteiger partial charge on any atom is 0.194 e. The fourth-order valence-corrected chi connectivity index (χ4v) is 3.82. The molecule has 0 radical (unpaired) electrons. The summed E-state index contributed by atoms with van der Waals surface area (Å²) in [5.41, 5.74) is 0.874. The van der Waals surface area contributed by atoms with Crippen molar-refractivity contribution >= 4 is 11.6 Å². The molecule has 3 rings (SSSR count). The van der Waals surface area contributed by atoms with Crippen LogP contribution in [0.3, 0.4) is 0 Å². The zero-order valence-electron chi connectivity index (χ0n) is 14.9. The highest BCUT2D eigenvalue weighted by molar-refractivity contribution is 5.80. The summed E-state index contributed by atoms with van der Waals surface area (Å²) in [7, 11) is 1.86. The van der Waals surface area contributed by atoms with Crippen molar-refractivity contribution < 1.29 is 0 Å². The van der Waals surface area contributed by atoms with Crippen molar-refractivity contribution in [2.75, 3.05) is 20.1 Å². The van der Waals surface area contributed by atoms with Gasteiger partial charge >= 0.3 is 0 Å². The van der Waals surface area contributed by atoms with Crippen LogP contribution in [0.1, 0.15) is 38.9 Å². The number of guanidine groups is 1. The molecule has 6 nitrogen and oxygen atoms in total. The number of hydrogen-bond donors (Lipinski definition) is 1. The Hall–Kier alpha value is -2.11. The van der Waals surface area contributed by atoms with E-state index in [1.165, 1.54) is 19.3 Å². The van der Waals surface area contributed by atoms with Crippen molar-refractivity contribution in [2.24, 2.45) is 16.8 Å². The zero-order valence-corrected chi connectivity index (χ0v) is 14.9. The Morgan fingerprint density at radius 2 is 2.17 bits per heavy atom. The van der Waals surface area contributed by atoms with Crippen LogP contribution in [0.2, 0.25) is 0 Å². The minimum atomic E-state index is 0.629. The van der Waals surface area contributed by atoms with E-state index in [1.807, 2.05) is 35.8 Å². The van der Waals surface area contributed by atoms with E-state index in [2.05, 4.69) is 39.3 Å². The summed E-state index contributed by atoms with van der Waals surface area (Å²) in [4.78, 5) is 6.85. The maximum atomic E-state index is 4.47. The van der Waals surface area contributed by atoms with Gasteiger partial charge in [-0.1, -0.05) is 32.8 Å². The first-order chi connectivity index (χ1) is 11.8. The van der Waals surface area contributed by atoms with Gasteiger partial charge in [-0.2, -0.15) is 0 Å². The molecule has 2 aromatic heterocycles. The van der Waals surface area contributed by atoms with E-state index in [9.17, 15) is 0 Å². The molecule has 6 heteroatoms. The number of aromatic nitrogens is 3. The van der Waals surface area contributed by atoms with E-state index in [0.717, 1.165) is 42.4 Å². The molecule has 3 heterocycles. The van der Waals surface area contributed by atoms with E-state index >= 15 is 0 Å². The van der Waals surface area contributed by atoms with E-state index in [0.29, 0.717) is 6.54 Å². The fourth-order valence-electron chi connectivity index (χ4n) is 3.82. The maximum absolute atomic E-state index is 4.47. The lowest BCUT2D eigenvalue weighted by atomic mass is 9.87. The summed E-state index contributed by atoms with van der Waals surface area (Å²) in [6, 6.07) is 5.93. The Kier molecular flexibility index (Phi) is 5.33. The smallest absolute Gasteiger partial charge is 0.194 e. The molecule has 2 aromatic rings. The second-order valence-electron chi connectivity index (χ2n) is 6.52. The van der Waals surface area contributed by atoms with Gasteiger partial charge < -0.3 is 10.2 Å². The Balaban J connectivity index is 1.62. The van der Waals surface area contributed by atoms with Gasteiger partial charge in [-0.15, -0.1) is 10.2 Å². The predicted molar refractivity (Wildman–Crippen MR) is 96.9 cm³/mol.